The molecule has 1 N–H and O–H groups in total. The van der Waals surface area contributed by atoms with Gasteiger partial charge in [0.05, 0.1) is 5.02 Å². The number of aryl methyl sites for hydroxylation is 1. The molecule has 0 aliphatic rings. The van der Waals surface area contributed by atoms with Crippen molar-refractivity contribution < 1.29 is 9.32 Å². The fourth-order valence-electron chi connectivity index (χ4n) is 2.41. The highest BCUT2D eigenvalue weighted by molar-refractivity contribution is 7.99. The Morgan fingerprint density at radius 3 is 2.82 bits per heavy atom. The normalized spacial score (nSPS) is 11.0. The number of carbonyl (C=O) groups is 1. The Morgan fingerprint density at radius 1 is 1.29 bits per heavy atom. The zero-order valence-electron chi connectivity index (χ0n) is 15.7. The van der Waals surface area contributed by atoms with Crippen LogP contribution in [0.5, 0.6) is 0 Å². The number of rotatable bonds is 8. The van der Waals surface area contributed by atoms with E-state index < -0.39 is 0 Å². The summed E-state index contributed by atoms with van der Waals surface area (Å²) in [6.07, 6.45) is 3.31. The van der Waals surface area contributed by atoms with Crippen LogP contribution in [0.25, 0.3) is 0 Å². The van der Waals surface area contributed by atoms with Crippen molar-refractivity contribution in [1.29, 1.82) is 0 Å². The molecule has 2 heterocycles. The fourth-order valence-corrected chi connectivity index (χ4v) is 3.48. The molecular weight excluding hydrogens is 396 g/mol. The van der Waals surface area contributed by atoms with Crippen molar-refractivity contribution in [2.45, 2.75) is 48.9 Å². The number of benzene rings is 1. The van der Waals surface area contributed by atoms with Crippen molar-refractivity contribution in [2.24, 2.45) is 0 Å². The SMILES string of the molecule is CC(C)c1noc(CCCC(=O)Nc2ccc(Sc3ccccn3)c(Cl)c2)n1. The van der Waals surface area contributed by atoms with E-state index in [-0.39, 0.29) is 11.8 Å². The van der Waals surface area contributed by atoms with Gasteiger partial charge in [0.2, 0.25) is 11.8 Å². The van der Waals surface area contributed by atoms with Crippen LogP contribution in [-0.4, -0.2) is 21.0 Å². The van der Waals surface area contributed by atoms with Gasteiger partial charge in [0.1, 0.15) is 5.03 Å². The molecule has 0 unspecified atom stereocenters. The quantitative estimate of drug-likeness (QED) is 0.532. The third-order valence-corrected chi connectivity index (χ3v) is 5.31. The van der Waals surface area contributed by atoms with E-state index in [0.717, 1.165) is 9.92 Å². The second-order valence-corrected chi connectivity index (χ2v) is 7.99. The van der Waals surface area contributed by atoms with Crippen LogP contribution >= 0.6 is 23.4 Å². The average Bonchev–Trinajstić information content (AvgIpc) is 3.14. The predicted octanol–water partition coefficient (Wildman–Crippen LogP) is 5.35. The van der Waals surface area contributed by atoms with Gasteiger partial charge in [-0.2, -0.15) is 4.98 Å². The van der Waals surface area contributed by atoms with Gasteiger partial charge in [0.25, 0.3) is 0 Å². The number of hydrogen-bond donors (Lipinski definition) is 1. The number of halogens is 1. The molecule has 0 aliphatic carbocycles. The molecular formula is C20H21ClN4O2S. The Balaban J connectivity index is 1.49. The molecule has 1 amide bonds. The lowest BCUT2D eigenvalue weighted by atomic mass is 10.2. The van der Waals surface area contributed by atoms with Crippen LogP contribution in [0.1, 0.15) is 44.3 Å². The maximum atomic E-state index is 12.2. The molecule has 2 aromatic heterocycles. The maximum Gasteiger partial charge on any atom is 0.226 e. The number of carbonyl (C=O) groups excluding carboxylic acids is 1. The Hall–Kier alpha value is -2.38. The lowest BCUT2D eigenvalue weighted by Crippen LogP contribution is -2.11. The Morgan fingerprint density at radius 2 is 2.14 bits per heavy atom. The van der Waals surface area contributed by atoms with Gasteiger partial charge in [-0.05, 0) is 36.8 Å². The fraction of sp³-hybridized carbons (Fsp3) is 0.300. The van der Waals surface area contributed by atoms with E-state index in [1.54, 1.807) is 12.3 Å². The molecule has 0 saturated carbocycles. The molecule has 3 aromatic rings. The summed E-state index contributed by atoms with van der Waals surface area (Å²) >= 11 is 7.83. The van der Waals surface area contributed by atoms with Gasteiger partial charge in [-0.3, -0.25) is 4.79 Å². The Kier molecular flexibility index (Phi) is 7.06. The van der Waals surface area contributed by atoms with Crippen molar-refractivity contribution in [3.63, 3.8) is 0 Å². The van der Waals surface area contributed by atoms with Gasteiger partial charge in [-0.25, -0.2) is 4.98 Å². The van der Waals surface area contributed by atoms with Crippen LogP contribution in [0, 0.1) is 0 Å². The number of hydrogen-bond acceptors (Lipinski definition) is 6. The summed E-state index contributed by atoms with van der Waals surface area (Å²) in [6, 6.07) is 11.2. The minimum Gasteiger partial charge on any atom is -0.339 e. The lowest BCUT2D eigenvalue weighted by Gasteiger charge is -2.08. The monoisotopic (exact) mass is 416 g/mol. The summed E-state index contributed by atoms with van der Waals surface area (Å²) < 4.78 is 5.19. The summed E-state index contributed by atoms with van der Waals surface area (Å²) in [5, 5.41) is 8.22. The zero-order valence-corrected chi connectivity index (χ0v) is 17.3. The first-order chi connectivity index (χ1) is 13.5. The van der Waals surface area contributed by atoms with Gasteiger partial charge >= 0.3 is 0 Å². The molecule has 28 heavy (non-hydrogen) atoms. The molecule has 0 radical (unpaired) electrons. The molecule has 0 aliphatic heterocycles. The molecule has 146 valence electrons. The van der Waals surface area contributed by atoms with Crippen molar-refractivity contribution in [3.8, 4) is 0 Å². The van der Waals surface area contributed by atoms with E-state index >= 15 is 0 Å². The molecule has 0 bridgehead atoms. The van der Waals surface area contributed by atoms with E-state index in [0.29, 0.717) is 41.7 Å². The summed E-state index contributed by atoms with van der Waals surface area (Å²) in [6.45, 7) is 4.01. The summed E-state index contributed by atoms with van der Waals surface area (Å²) in [4.78, 5) is 21.6. The first-order valence-corrected chi connectivity index (χ1v) is 10.2. The Bertz CT molecular complexity index is 931. The summed E-state index contributed by atoms with van der Waals surface area (Å²) in [5.41, 5.74) is 0.667. The smallest absolute Gasteiger partial charge is 0.226 e. The van der Waals surface area contributed by atoms with E-state index in [1.165, 1.54) is 11.8 Å². The van der Waals surface area contributed by atoms with Gasteiger partial charge in [-0.15, -0.1) is 0 Å². The van der Waals surface area contributed by atoms with Crippen LogP contribution in [0.3, 0.4) is 0 Å². The maximum absolute atomic E-state index is 12.2. The van der Waals surface area contributed by atoms with E-state index in [2.05, 4.69) is 20.4 Å². The molecule has 0 atom stereocenters. The third-order valence-electron chi connectivity index (χ3n) is 3.86. The molecule has 0 fully saturated rings. The first kappa shape index (κ1) is 20.4. The van der Waals surface area contributed by atoms with E-state index in [1.807, 2.05) is 44.2 Å². The number of nitrogens with zero attached hydrogens (tertiary/aromatic N) is 3. The van der Waals surface area contributed by atoms with Crippen LogP contribution in [-0.2, 0) is 11.2 Å². The average molecular weight is 417 g/mol. The van der Waals surface area contributed by atoms with Gasteiger partial charge in [0.15, 0.2) is 5.82 Å². The van der Waals surface area contributed by atoms with Crippen LogP contribution < -0.4 is 5.32 Å². The molecule has 0 saturated heterocycles. The number of nitrogens with one attached hydrogen (secondary N) is 1. The number of amides is 1. The second kappa shape index (κ2) is 9.71. The standard InChI is InChI=1S/C20H21ClN4O2S/c1-13(2)20-24-18(27-25-20)7-5-6-17(26)23-14-9-10-16(15(21)12-14)28-19-8-3-4-11-22-19/h3-4,8-13H,5-7H2,1-2H3,(H,23,26). The van der Waals surface area contributed by atoms with Crippen LogP contribution in [0.4, 0.5) is 5.69 Å². The number of anilines is 1. The highest BCUT2D eigenvalue weighted by atomic mass is 35.5. The lowest BCUT2D eigenvalue weighted by molar-refractivity contribution is -0.116. The van der Waals surface area contributed by atoms with Crippen LogP contribution in [0.15, 0.2) is 57.0 Å². The molecule has 3 rings (SSSR count). The van der Waals surface area contributed by atoms with E-state index in [9.17, 15) is 4.79 Å². The van der Waals surface area contributed by atoms with Gasteiger partial charge in [-0.1, -0.05) is 48.4 Å². The van der Waals surface area contributed by atoms with Gasteiger partial charge in [0, 0.05) is 35.5 Å². The largest absolute Gasteiger partial charge is 0.339 e. The van der Waals surface area contributed by atoms with Crippen molar-refractivity contribution >= 4 is 35.0 Å². The van der Waals surface area contributed by atoms with Crippen molar-refractivity contribution in [3.05, 3.63) is 59.3 Å². The van der Waals surface area contributed by atoms with Gasteiger partial charge < -0.3 is 9.84 Å². The highest BCUT2D eigenvalue weighted by Crippen LogP contribution is 2.33. The van der Waals surface area contributed by atoms with Crippen molar-refractivity contribution in [2.75, 3.05) is 5.32 Å². The second-order valence-electron chi connectivity index (χ2n) is 6.52. The predicted molar refractivity (Wildman–Crippen MR) is 110 cm³/mol. The highest BCUT2D eigenvalue weighted by Gasteiger charge is 2.11. The van der Waals surface area contributed by atoms with Crippen molar-refractivity contribution in [1.82, 2.24) is 15.1 Å². The Labute approximate surface area is 173 Å². The molecule has 8 heteroatoms. The molecule has 1 aromatic carbocycles. The third kappa shape index (κ3) is 5.81. The zero-order chi connectivity index (χ0) is 19.9. The molecule has 0 spiro atoms. The summed E-state index contributed by atoms with van der Waals surface area (Å²) in [7, 11) is 0. The summed E-state index contributed by atoms with van der Waals surface area (Å²) in [5.74, 6) is 1.40. The minimum atomic E-state index is -0.0789. The number of pyridine rings is 1. The van der Waals surface area contributed by atoms with Crippen LogP contribution in [0.2, 0.25) is 5.02 Å². The van der Waals surface area contributed by atoms with E-state index in [4.69, 9.17) is 16.1 Å². The first-order valence-electron chi connectivity index (χ1n) is 9.02. The number of aromatic nitrogens is 3. The topological polar surface area (TPSA) is 80.9 Å². The molecule has 6 nitrogen and oxygen atoms in total. The minimum absolute atomic E-state index is 0.0789.